The minimum Gasteiger partial charge on any atom is -0.381 e. The van der Waals surface area contributed by atoms with Crippen molar-refractivity contribution in [3.05, 3.63) is 54.4 Å². The molecule has 1 amide bonds. The van der Waals surface area contributed by atoms with Gasteiger partial charge in [-0.1, -0.05) is 23.4 Å². The van der Waals surface area contributed by atoms with Crippen LogP contribution < -0.4 is 5.32 Å². The van der Waals surface area contributed by atoms with Gasteiger partial charge in [-0.3, -0.25) is 9.78 Å². The van der Waals surface area contributed by atoms with Crippen molar-refractivity contribution in [1.82, 2.24) is 25.3 Å². The van der Waals surface area contributed by atoms with Gasteiger partial charge in [0, 0.05) is 25.6 Å². The lowest BCUT2D eigenvalue weighted by atomic mass is 9.87. The summed E-state index contributed by atoms with van der Waals surface area (Å²) in [6.07, 6.45) is 5.41. The number of aromatic nitrogens is 4. The third kappa shape index (κ3) is 3.57. The first-order valence-corrected chi connectivity index (χ1v) is 8.86. The second kappa shape index (κ2) is 7.61. The van der Waals surface area contributed by atoms with Crippen LogP contribution in [0.15, 0.2) is 48.8 Å². The highest BCUT2D eigenvalue weighted by Gasteiger charge is 2.27. The normalized spacial score (nSPS) is 16.5. The van der Waals surface area contributed by atoms with Crippen LogP contribution in [0.4, 0.5) is 0 Å². The highest BCUT2D eigenvalue weighted by molar-refractivity contribution is 5.80. The molecule has 4 rings (SSSR count). The third-order valence-corrected chi connectivity index (χ3v) is 4.81. The van der Waals surface area contributed by atoms with Gasteiger partial charge in [-0.05, 0) is 42.5 Å². The van der Waals surface area contributed by atoms with Gasteiger partial charge in [-0.2, -0.15) is 0 Å². The van der Waals surface area contributed by atoms with Crippen molar-refractivity contribution in [3.63, 3.8) is 0 Å². The monoisotopic (exact) mass is 351 g/mol. The molecule has 1 aromatic carbocycles. The molecule has 7 nitrogen and oxygen atoms in total. The molecule has 1 aliphatic heterocycles. The Bertz CT molecular complexity index is 874. The van der Waals surface area contributed by atoms with Crippen LogP contribution in [0.3, 0.4) is 0 Å². The summed E-state index contributed by atoms with van der Waals surface area (Å²) >= 11 is 0. The van der Waals surface area contributed by atoms with E-state index >= 15 is 0 Å². The largest absolute Gasteiger partial charge is 0.381 e. The number of rotatable bonds is 5. The summed E-state index contributed by atoms with van der Waals surface area (Å²) in [5.74, 6) is 0.255. The number of nitrogens with one attached hydrogen (secondary N) is 1. The van der Waals surface area contributed by atoms with Gasteiger partial charge in [-0.15, -0.1) is 5.10 Å². The molecule has 1 aliphatic rings. The molecule has 3 heterocycles. The minimum atomic E-state index is -0.0824. The van der Waals surface area contributed by atoms with Crippen molar-refractivity contribution in [2.75, 3.05) is 13.2 Å². The molecule has 0 spiro atoms. The molecular formula is C19H21N5O2. The zero-order chi connectivity index (χ0) is 17.8. The molecule has 0 unspecified atom stereocenters. The van der Waals surface area contributed by atoms with E-state index in [1.165, 1.54) is 0 Å². The predicted molar refractivity (Wildman–Crippen MR) is 96.2 cm³/mol. The molecule has 1 saturated heterocycles. The average Bonchev–Trinajstić information content (AvgIpc) is 3.10. The van der Waals surface area contributed by atoms with Crippen molar-refractivity contribution in [3.8, 4) is 0 Å². The van der Waals surface area contributed by atoms with Crippen molar-refractivity contribution in [2.45, 2.75) is 25.4 Å². The number of carbonyl (C=O) groups is 1. The molecule has 3 aromatic rings. The van der Waals surface area contributed by atoms with Gasteiger partial charge < -0.3 is 10.1 Å². The summed E-state index contributed by atoms with van der Waals surface area (Å²) in [6, 6.07) is 11.5. The molecule has 26 heavy (non-hydrogen) atoms. The van der Waals surface area contributed by atoms with E-state index in [4.69, 9.17) is 4.74 Å². The number of benzene rings is 1. The quantitative estimate of drug-likeness (QED) is 0.761. The van der Waals surface area contributed by atoms with Crippen molar-refractivity contribution < 1.29 is 9.53 Å². The summed E-state index contributed by atoms with van der Waals surface area (Å²) in [6.45, 7) is 1.59. The standard InChI is InChI=1S/C19H21N5O2/c25-18(13-24-17-6-2-1-5-16(17)22-23-24)21-19(14-7-10-26-11-8-14)15-4-3-9-20-12-15/h1-6,9,12,14,19H,7-8,10-11,13H2,(H,21,25)/t19-/m0/s1. The van der Waals surface area contributed by atoms with Gasteiger partial charge in [-0.25, -0.2) is 4.68 Å². The van der Waals surface area contributed by atoms with E-state index in [9.17, 15) is 4.79 Å². The third-order valence-electron chi connectivity index (χ3n) is 4.81. The van der Waals surface area contributed by atoms with Crippen LogP contribution in [-0.4, -0.2) is 39.1 Å². The summed E-state index contributed by atoms with van der Waals surface area (Å²) in [5, 5.41) is 11.4. The van der Waals surface area contributed by atoms with Crippen molar-refractivity contribution >= 4 is 16.9 Å². The van der Waals surface area contributed by atoms with E-state index in [1.807, 2.05) is 42.6 Å². The van der Waals surface area contributed by atoms with E-state index in [1.54, 1.807) is 10.9 Å². The first-order chi connectivity index (χ1) is 12.8. The van der Waals surface area contributed by atoms with Crippen LogP contribution in [-0.2, 0) is 16.1 Å². The van der Waals surface area contributed by atoms with E-state index in [0.717, 1.165) is 42.7 Å². The zero-order valence-corrected chi connectivity index (χ0v) is 14.4. The summed E-state index contributed by atoms with van der Waals surface area (Å²) < 4.78 is 7.11. The molecule has 0 bridgehead atoms. The molecule has 1 N–H and O–H groups in total. The molecule has 0 radical (unpaired) electrons. The number of pyridine rings is 1. The van der Waals surface area contributed by atoms with Gasteiger partial charge in [0.15, 0.2) is 0 Å². The Labute approximate surface area is 151 Å². The second-order valence-electron chi connectivity index (χ2n) is 6.52. The van der Waals surface area contributed by atoms with Gasteiger partial charge >= 0.3 is 0 Å². The second-order valence-corrected chi connectivity index (χ2v) is 6.52. The Hall–Kier alpha value is -2.80. The lowest BCUT2D eigenvalue weighted by molar-refractivity contribution is -0.123. The first-order valence-electron chi connectivity index (χ1n) is 8.86. The summed E-state index contributed by atoms with van der Waals surface area (Å²) in [4.78, 5) is 16.9. The fourth-order valence-corrected chi connectivity index (χ4v) is 3.47. The fourth-order valence-electron chi connectivity index (χ4n) is 3.47. The topological polar surface area (TPSA) is 81.9 Å². The average molecular weight is 351 g/mol. The van der Waals surface area contributed by atoms with Crippen LogP contribution >= 0.6 is 0 Å². The van der Waals surface area contributed by atoms with Crippen molar-refractivity contribution in [2.24, 2.45) is 5.92 Å². The molecule has 1 atom stereocenters. The molecule has 0 saturated carbocycles. The molecule has 0 aliphatic carbocycles. The number of para-hydroxylation sites is 1. The zero-order valence-electron chi connectivity index (χ0n) is 14.4. The number of amides is 1. The molecule has 2 aromatic heterocycles. The van der Waals surface area contributed by atoms with Gasteiger partial charge in [0.25, 0.3) is 0 Å². The number of carbonyl (C=O) groups excluding carboxylic acids is 1. The van der Waals surface area contributed by atoms with E-state index in [-0.39, 0.29) is 18.5 Å². The number of fused-ring (bicyclic) bond motifs is 1. The Kier molecular flexibility index (Phi) is 4.88. The molecule has 1 fully saturated rings. The maximum Gasteiger partial charge on any atom is 0.242 e. The number of hydrogen-bond donors (Lipinski definition) is 1. The maximum atomic E-state index is 12.7. The molecular weight excluding hydrogens is 330 g/mol. The van der Waals surface area contributed by atoms with Crippen LogP contribution in [0.1, 0.15) is 24.4 Å². The SMILES string of the molecule is O=C(Cn1nnc2ccccc21)N[C@H](c1cccnc1)C1CCOCC1. The number of ether oxygens (including phenoxy) is 1. The van der Waals surface area contributed by atoms with Crippen molar-refractivity contribution in [1.29, 1.82) is 0 Å². The highest BCUT2D eigenvalue weighted by atomic mass is 16.5. The van der Waals surface area contributed by atoms with Crippen LogP contribution in [0.2, 0.25) is 0 Å². The predicted octanol–water partition coefficient (Wildman–Crippen LogP) is 2.11. The first kappa shape index (κ1) is 16.7. The van der Waals surface area contributed by atoms with Crippen LogP contribution in [0.5, 0.6) is 0 Å². The van der Waals surface area contributed by atoms with E-state index in [2.05, 4.69) is 20.6 Å². The Morgan fingerprint density at radius 3 is 2.88 bits per heavy atom. The molecule has 134 valence electrons. The highest BCUT2D eigenvalue weighted by Crippen LogP contribution is 2.29. The van der Waals surface area contributed by atoms with Crippen LogP contribution in [0.25, 0.3) is 11.0 Å². The Morgan fingerprint density at radius 1 is 1.23 bits per heavy atom. The Morgan fingerprint density at radius 2 is 2.08 bits per heavy atom. The van der Waals surface area contributed by atoms with Gasteiger partial charge in [0.1, 0.15) is 12.1 Å². The summed E-state index contributed by atoms with van der Waals surface area (Å²) in [5.41, 5.74) is 2.66. The molecule has 7 heteroatoms. The number of nitrogens with zero attached hydrogens (tertiary/aromatic N) is 4. The Balaban J connectivity index is 1.52. The lowest BCUT2D eigenvalue weighted by Crippen LogP contribution is -2.37. The lowest BCUT2D eigenvalue weighted by Gasteiger charge is -2.31. The van der Waals surface area contributed by atoms with E-state index < -0.39 is 0 Å². The van der Waals surface area contributed by atoms with Gasteiger partial charge in [0.2, 0.25) is 5.91 Å². The van der Waals surface area contributed by atoms with E-state index in [0.29, 0.717) is 5.92 Å². The maximum absolute atomic E-state index is 12.7. The van der Waals surface area contributed by atoms with Gasteiger partial charge in [0.05, 0.1) is 11.6 Å². The fraction of sp³-hybridized carbons (Fsp3) is 0.368. The van der Waals surface area contributed by atoms with Crippen LogP contribution in [0, 0.1) is 5.92 Å². The minimum absolute atomic E-state index is 0.0742. The number of hydrogen-bond acceptors (Lipinski definition) is 5. The summed E-state index contributed by atoms with van der Waals surface area (Å²) in [7, 11) is 0. The smallest absolute Gasteiger partial charge is 0.242 e.